The highest BCUT2D eigenvalue weighted by Gasteiger charge is 2.41. The quantitative estimate of drug-likeness (QED) is 0.510. The number of para-hydroxylation sites is 1. The van der Waals surface area contributed by atoms with Crippen molar-refractivity contribution in [3.63, 3.8) is 0 Å². The molecule has 3 aliphatic heterocycles. The van der Waals surface area contributed by atoms with Crippen molar-refractivity contribution in [2.24, 2.45) is 4.99 Å². The fourth-order valence-electron chi connectivity index (χ4n) is 5.30. The minimum atomic E-state index is -0.640. The molecule has 2 atom stereocenters. The van der Waals surface area contributed by atoms with Crippen LogP contribution in [0, 0.1) is 11.6 Å². The first-order valence-corrected chi connectivity index (χ1v) is 13.1. The SMILES string of the molecule is C[C@@H]1CN(c2ccc(Nc3ncc4c(n3)N3CCN=C3N(c3c(F)cccc3Cl)C4=O)cc2F)C[C@H](C)N1C. The molecule has 1 N–H and O–H groups in total. The molecule has 0 aliphatic carbocycles. The number of benzene rings is 2. The molecule has 12 heteroatoms. The van der Waals surface area contributed by atoms with Gasteiger partial charge in [-0.25, -0.2) is 18.7 Å². The fourth-order valence-corrected chi connectivity index (χ4v) is 5.55. The minimum absolute atomic E-state index is 0.0672. The Morgan fingerprint density at radius 3 is 2.56 bits per heavy atom. The van der Waals surface area contributed by atoms with Crippen molar-refractivity contribution in [3.05, 3.63) is 64.8 Å². The summed E-state index contributed by atoms with van der Waals surface area (Å²) in [6.07, 6.45) is 1.38. The van der Waals surface area contributed by atoms with Gasteiger partial charge in [0.25, 0.3) is 5.91 Å². The number of carbonyl (C=O) groups excluding carboxylic acids is 1. The van der Waals surface area contributed by atoms with Gasteiger partial charge < -0.3 is 10.2 Å². The van der Waals surface area contributed by atoms with Crippen LogP contribution in [-0.2, 0) is 0 Å². The number of carbonyl (C=O) groups is 1. The summed E-state index contributed by atoms with van der Waals surface area (Å²) >= 11 is 6.27. The van der Waals surface area contributed by atoms with Crippen LogP contribution in [0.1, 0.15) is 24.2 Å². The van der Waals surface area contributed by atoms with Gasteiger partial charge in [0, 0.05) is 43.6 Å². The number of nitrogens with one attached hydrogen (secondary N) is 1. The molecule has 4 heterocycles. The second-order valence-corrected chi connectivity index (χ2v) is 10.4. The summed E-state index contributed by atoms with van der Waals surface area (Å²) in [7, 11) is 2.09. The highest BCUT2D eigenvalue weighted by atomic mass is 35.5. The average Bonchev–Trinajstić information content (AvgIpc) is 3.39. The highest BCUT2D eigenvalue weighted by molar-refractivity contribution is 6.38. The predicted octanol–water partition coefficient (Wildman–Crippen LogP) is 4.52. The second kappa shape index (κ2) is 9.73. The van der Waals surface area contributed by atoms with Crippen molar-refractivity contribution in [3.8, 4) is 0 Å². The summed E-state index contributed by atoms with van der Waals surface area (Å²) in [5.41, 5.74) is 1.14. The van der Waals surface area contributed by atoms with Crippen LogP contribution in [0.4, 0.5) is 37.6 Å². The van der Waals surface area contributed by atoms with Gasteiger partial charge in [-0.2, -0.15) is 4.98 Å². The molecule has 202 valence electrons. The molecule has 1 amide bonds. The lowest BCUT2D eigenvalue weighted by molar-refractivity contribution is 0.0999. The summed E-state index contributed by atoms with van der Waals surface area (Å²) in [5.74, 6) is -0.738. The van der Waals surface area contributed by atoms with Crippen LogP contribution in [0.5, 0.6) is 0 Å². The first-order chi connectivity index (χ1) is 18.7. The highest BCUT2D eigenvalue weighted by Crippen LogP contribution is 2.37. The number of guanidine groups is 1. The maximum atomic E-state index is 15.2. The van der Waals surface area contributed by atoms with Crippen LogP contribution in [0.3, 0.4) is 0 Å². The van der Waals surface area contributed by atoms with Gasteiger partial charge in [-0.15, -0.1) is 0 Å². The number of rotatable bonds is 4. The van der Waals surface area contributed by atoms with Gasteiger partial charge in [-0.1, -0.05) is 17.7 Å². The van der Waals surface area contributed by atoms with E-state index in [0.717, 1.165) is 18.0 Å². The van der Waals surface area contributed by atoms with Gasteiger partial charge in [-0.3, -0.25) is 19.6 Å². The van der Waals surface area contributed by atoms with Crippen molar-refractivity contribution in [1.29, 1.82) is 0 Å². The number of anilines is 5. The van der Waals surface area contributed by atoms with Gasteiger partial charge in [-0.05, 0) is 51.2 Å². The molecule has 1 fully saturated rings. The lowest BCUT2D eigenvalue weighted by Crippen LogP contribution is -2.55. The molecule has 0 bridgehead atoms. The first kappa shape index (κ1) is 25.4. The molecule has 9 nitrogen and oxygen atoms in total. The third-order valence-corrected chi connectivity index (χ3v) is 7.85. The van der Waals surface area contributed by atoms with Gasteiger partial charge in [0.2, 0.25) is 11.9 Å². The molecule has 0 saturated carbocycles. The minimum Gasteiger partial charge on any atom is -0.366 e. The molecule has 0 spiro atoms. The topological polar surface area (TPSA) is 80.2 Å². The Hall–Kier alpha value is -3.83. The largest absolute Gasteiger partial charge is 0.366 e. The Morgan fingerprint density at radius 1 is 1.08 bits per heavy atom. The maximum absolute atomic E-state index is 15.2. The van der Waals surface area contributed by atoms with Crippen LogP contribution in [-0.4, -0.2) is 72.0 Å². The van der Waals surface area contributed by atoms with Crippen molar-refractivity contribution >= 4 is 52.3 Å². The molecule has 3 aromatic rings. The Kier molecular flexibility index (Phi) is 6.35. The number of aliphatic imine (C=N–C) groups is 1. The summed E-state index contributed by atoms with van der Waals surface area (Å²) in [5, 5.41) is 3.13. The van der Waals surface area contributed by atoms with E-state index in [9.17, 15) is 9.18 Å². The molecule has 1 saturated heterocycles. The Morgan fingerprint density at radius 2 is 1.85 bits per heavy atom. The molecular weight excluding hydrogens is 526 g/mol. The maximum Gasteiger partial charge on any atom is 0.270 e. The van der Waals surface area contributed by atoms with Gasteiger partial charge in [0.05, 0.1) is 17.3 Å². The van der Waals surface area contributed by atoms with Crippen LogP contribution in [0.2, 0.25) is 5.02 Å². The Bertz CT molecular complexity index is 1470. The predicted molar refractivity (Wildman–Crippen MR) is 148 cm³/mol. The van der Waals surface area contributed by atoms with Crippen LogP contribution in [0.25, 0.3) is 0 Å². The number of nitrogens with zero attached hydrogens (tertiary/aromatic N) is 7. The summed E-state index contributed by atoms with van der Waals surface area (Å²) in [4.78, 5) is 34.0. The number of piperazine rings is 1. The van der Waals surface area contributed by atoms with Crippen molar-refractivity contribution in [2.75, 3.05) is 53.2 Å². The Labute approximate surface area is 229 Å². The molecule has 3 aliphatic rings. The monoisotopic (exact) mass is 552 g/mol. The standard InChI is InChI=1S/C27H27ClF2N8O/c1-15-13-36(14-16(2)35(15)3)22-8-7-17(11-21(22)30)33-26-32-12-18-24(34-26)37-10-9-31-27(37)38(25(18)39)23-19(28)5-4-6-20(23)29/h4-8,11-12,15-16H,9-10,13-14H2,1-3H3,(H,32,33,34)/t15-,16+. The molecule has 39 heavy (non-hydrogen) atoms. The van der Waals surface area contributed by atoms with Crippen LogP contribution in [0.15, 0.2) is 47.6 Å². The zero-order chi connectivity index (χ0) is 27.4. The van der Waals surface area contributed by atoms with E-state index in [1.165, 1.54) is 30.5 Å². The molecule has 6 rings (SSSR count). The van der Waals surface area contributed by atoms with Gasteiger partial charge in [0.1, 0.15) is 22.9 Å². The summed E-state index contributed by atoms with van der Waals surface area (Å²) < 4.78 is 30.0. The normalized spacial score (nSPS) is 21.1. The second-order valence-electron chi connectivity index (χ2n) is 10.0. The van der Waals surface area contributed by atoms with Crippen LogP contribution >= 0.6 is 11.6 Å². The van der Waals surface area contributed by atoms with Gasteiger partial charge in [0.15, 0.2) is 5.82 Å². The number of likely N-dealkylation sites (N-methyl/N-ethyl adjacent to an activating group) is 1. The molecule has 0 radical (unpaired) electrons. The lowest BCUT2D eigenvalue weighted by atomic mass is 10.1. The zero-order valence-corrected chi connectivity index (χ0v) is 22.5. The molecule has 0 unspecified atom stereocenters. The summed E-state index contributed by atoms with van der Waals surface area (Å²) in [6.45, 7) is 6.58. The van der Waals surface area contributed by atoms with Crippen molar-refractivity contribution in [2.45, 2.75) is 25.9 Å². The van der Waals surface area contributed by atoms with E-state index in [2.05, 4.69) is 51.0 Å². The first-order valence-electron chi connectivity index (χ1n) is 12.7. The van der Waals surface area contributed by atoms with Crippen LogP contribution < -0.4 is 20.0 Å². The van der Waals surface area contributed by atoms with E-state index in [1.54, 1.807) is 17.0 Å². The third kappa shape index (κ3) is 4.35. The third-order valence-electron chi connectivity index (χ3n) is 7.54. The summed E-state index contributed by atoms with van der Waals surface area (Å²) in [6, 6.07) is 9.80. The number of hydrogen-bond donors (Lipinski definition) is 1. The van der Waals surface area contributed by atoms with E-state index < -0.39 is 11.7 Å². The fraction of sp³-hybridized carbons (Fsp3) is 0.333. The number of halogens is 3. The van der Waals surface area contributed by atoms with E-state index in [4.69, 9.17) is 11.6 Å². The number of fused-ring (bicyclic) bond motifs is 3. The number of aromatic nitrogens is 2. The van der Waals surface area contributed by atoms with Crippen molar-refractivity contribution in [1.82, 2.24) is 14.9 Å². The Balaban J connectivity index is 1.27. The molecular formula is C27H27ClF2N8O. The molecule has 1 aromatic heterocycles. The zero-order valence-electron chi connectivity index (χ0n) is 21.7. The van der Waals surface area contributed by atoms with Crippen molar-refractivity contribution < 1.29 is 13.6 Å². The van der Waals surface area contributed by atoms with E-state index in [-0.39, 0.29) is 34.0 Å². The number of hydrogen-bond acceptors (Lipinski definition) is 8. The van der Waals surface area contributed by atoms with Gasteiger partial charge >= 0.3 is 0 Å². The smallest absolute Gasteiger partial charge is 0.270 e. The lowest BCUT2D eigenvalue weighted by Gasteiger charge is -2.43. The van der Waals surface area contributed by atoms with E-state index in [1.807, 2.05) is 0 Å². The van der Waals surface area contributed by atoms with E-state index in [0.29, 0.717) is 42.4 Å². The van der Waals surface area contributed by atoms with E-state index >= 15 is 4.39 Å². The number of amides is 1. The molecule has 2 aromatic carbocycles. The average molecular weight is 553 g/mol.